The van der Waals surface area contributed by atoms with E-state index in [4.69, 9.17) is 9.47 Å². The number of fused-ring (bicyclic) bond motifs is 1. The van der Waals surface area contributed by atoms with Gasteiger partial charge in [-0.3, -0.25) is 0 Å². The van der Waals surface area contributed by atoms with E-state index in [1.54, 1.807) is 25.6 Å². The van der Waals surface area contributed by atoms with Crippen LogP contribution in [0.25, 0.3) is 11.0 Å². The largest absolute Gasteiger partial charge is 0.493 e. The van der Waals surface area contributed by atoms with Crippen molar-refractivity contribution in [1.82, 2.24) is 9.97 Å². The van der Waals surface area contributed by atoms with E-state index in [1.807, 2.05) is 12.1 Å². The number of H-pyrrole nitrogens is 1. The van der Waals surface area contributed by atoms with Gasteiger partial charge in [0.15, 0.2) is 11.5 Å². The van der Waals surface area contributed by atoms with Crippen molar-refractivity contribution < 1.29 is 9.47 Å². The molecule has 0 atom stereocenters. The Hall–Kier alpha value is -2.01. The van der Waals surface area contributed by atoms with Gasteiger partial charge in [0.2, 0.25) is 0 Å². The van der Waals surface area contributed by atoms with Crippen molar-refractivity contribution in [2.24, 2.45) is 0 Å². The molecule has 2 aromatic heterocycles. The summed E-state index contributed by atoms with van der Waals surface area (Å²) in [5, 5.41) is 2.07. The van der Waals surface area contributed by atoms with E-state index in [9.17, 15) is 0 Å². The monoisotopic (exact) mass is 274 g/mol. The summed E-state index contributed by atoms with van der Waals surface area (Å²) in [6.07, 6.45) is 0.816. The van der Waals surface area contributed by atoms with E-state index in [2.05, 4.69) is 27.5 Å². The van der Waals surface area contributed by atoms with E-state index in [1.165, 1.54) is 4.88 Å². The van der Waals surface area contributed by atoms with E-state index in [0.717, 1.165) is 23.3 Å². The number of imidazole rings is 1. The van der Waals surface area contributed by atoms with Gasteiger partial charge < -0.3 is 14.5 Å². The van der Waals surface area contributed by atoms with Crippen LogP contribution in [0, 0.1) is 0 Å². The topological polar surface area (TPSA) is 47.1 Å². The maximum atomic E-state index is 5.29. The zero-order chi connectivity index (χ0) is 13.2. The maximum Gasteiger partial charge on any atom is 0.163 e. The van der Waals surface area contributed by atoms with Crippen LogP contribution in [-0.4, -0.2) is 24.2 Å². The summed E-state index contributed by atoms with van der Waals surface area (Å²) in [5.74, 6) is 2.36. The van der Waals surface area contributed by atoms with E-state index in [-0.39, 0.29) is 0 Å². The fraction of sp³-hybridized carbons (Fsp3) is 0.214. The Morgan fingerprint density at radius 3 is 2.68 bits per heavy atom. The summed E-state index contributed by atoms with van der Waals surface area (Å²) in [5.41, 5.74) is 1.86. The Morgan fingerprint density at radius 1 is 1.21 bits per heavy atom. The average molecular weight is 274 g/mol. The standard InChI is InChI=1S/C14H14N2O2S/c1-17-12-7-10-11(8-13(12)18-2)16-14(15-10)6-9-4-3-5-19-9/h3-5,7-8H,6H2,1-2H3,(H,15,16). The number of rotatable bonds is 4. The van der Waals surface area contributed by atoms with Gasteiger partial charge in [-0.15, -0.1) is 11.3 Å². The molecule has 0 bridgehead atoms. The van der Waals surface area contributed by atoms with Crippen LogP contribution >= 0.6 is 11.3 Å². The predicted molar refractivity (Wildman–Crippen MR) is 76.3 cm³/mol. The molecule has 0 aliphatic carbocycles. The third-order valence-electron chi connectivity index (χ3n) is 2.96. The van der Waals surface area contributed by atoms with Crippen molar-refractivity contribution >= 4 is 22.4 Å². The first kappa shape index (κ1) is 12.0. The quantitative estimate of drug-likeness (QED) is 0.794. The number of aromatic amines is 1. The van der Waals surface area contributed by atoms with Crippen molar-refractivity contribution in [2.75, 3.05) is 14.2 Å². The minimum atomic E-state index is 0.698. The molecule has 0 aliphatic rings. The molecule has 3 aromatic rings. The van der Waals surface area contributed by atoms with Crippen molar-refractivity contribution in [3.05, 3.63) is 40.3 Å². The lowest BCUT2D eigenvalue weighted by atomic mass is 10.3. The normalized spacial score (nSPS) is 10.8. The van der Waals surface area contributed by atoms with Crippen molar-refractivity contribution in [1.29, 1.82) is 0 Å². The SMILES string of the molecule is COc1cc2nc(Cc3cccs3)[nH]c2cc1OC. The van der Waals surface area contributed by atoms with Gasteiger partial charge in [-0.1, -0.05) is 6.07 Å². The molecule has 0 unspecified atom stereocenters. The Kier molecular flexibility index (Phi) is 3.13. The van der Waals surface area contributed by atoms with Gasteiger partial charge in [0.05, 0.1) is 25.3 Å². The minimum absolute atomic E-state index is 0.698. The second kappa shape index (κ2) is 4.93. The predicted octanol–water partition coefficient (Wildman–Crippen LogP) is 3.23. The fourth-order valence-electron chi connectivity index (χ4n) is 2.05. The number of thiophene rings is 1. The smallest absolute Gasteiger partial charge is 0.163 e. The van der Waals surface area contributed by atoms with Crippen LogP contribution in [0.4, 0.5) is 0 Å². The summed E-state index contributed by atoms with van der Waals surface area (Å²) >= 11 is 1.73. The minimum Gasteiger partial charge on any atom is -0.493 e. The molecule has 2 heterocycles. The Balaban J connectivity index is 2.00. The summed E-state index contributed by atoms with van der Waals surface area (Å²) in [6, 6.07) is 7.97. The summed E-state index contributed by atoms with van der Waals surface area (Å²) < 4.78 is 10.6. The number of ether oxygens (including phenoxy) is 2. The number of methoxy groups -OCH3 is 2. The van der Waals surface area contributed by atoms with Crippen LogP contribution in [-0.2, 0) is 6.42 Å². The van der Waals surface area contributed by atoms with Gasteiger partial charge in [-0.2, -0.15) is 0 Å². The van der Waals surface area contributed by atoms with Crippen molar-refractivity contribution in [3.8, 4) is 11.5 Å². The van der Waals surface area contributed by atoms with Gasteiger partial charge in [0.25, 0.3) is 0 Å². The molecule has 0 aliphatic heterocycles. The van der Waals surface area contributed by atoms with Crippen molar-refractivity contribution in [3.63, 3.8) is 0 Å². The van der Waals surface area contributed by atoms with Gasteiger partial charge in [0, 0.05) is 23.4 Å². The molecular formula is C14H14N2O2S. The number of hydrogen-bond donors (Lipinski definition) is 1. The highest BCUT2D eigenvalue weighted by Crippen LogP contribution is 2.31. The van der Waals surface area contributed by atoms with Gasteiger partial charge in [-0.05, 0) is 11.4 Å². The lowest BCUT2D eigenvalue weighted by Crippen LogP contribution is -1.89. The molecular weight excluding hydrogens is 260 g/mol. The summed E-state index contributed by atoms with van der Waals surface area (Å²) in [6.45, 7) is 0. The zero-order valence-electron chi connectivity index (χ0n) is 10.8. The van der Waals surface area contributed by atoms with E-state index in [0.29, 0.717) is 11.5 Å². The second-order valence-corrected chi connectivity index (χ2v) is 5.20. The highest BCUT2D eigenvalue weighted by atomic mass is 32.1. The number of aromatic nitrogens is 2. The number of nitrogens with zero attached hydrogens (tertiary/aromatic N) is 1. The molecule has 0 spiro atoms. The fourth-order valence-corrected chi connectivity index (χ4v) is 2.76. The van der Waals surface area contributed by atoms with Crippen molar-refractivity contribution in [2.45, 2.75) is 6.42 Å². The van der Waals surface area contributed by atoms with Crippen LogP contribution in [0.2, 0.25) is 0 Å². The lowest BCUT2D eigenvalue weighted by Gasteiger charge is -2.06. The summed E-state index contributed by atoms with van der Waals surface area (Å²) in [4.78, 5) is 9.20. The molecule has 3 rings (SSSR count). The first-order valence-corrected chi connectivity index (χ1v) is 6.81. The highest BCUT2D eigenvalue weighted by molar-refractivity contribution is 7.09. The highest BCUT2D eigenvalue weighted by Gasteiger charge is 2.10. The Bertz CT molecular complexity index is 648. The van der Waals surface area contributed by atoms with Crippen LogP contribution in [0.1, 0.15) is 10.7 Å². The molecule has 0 saturated heterocycles. The number of benzene rings is 1. The average Bonchev–Trinajstić information content (AvgIpc) is 3.05. The molecule has 1 N–H and O–H groups in total. The first-order valence-electron chi connectivity index (χ1n) is 5.93. The summed E-state index contributed by atoms with van der Waals surface area (Å²) in [7, 11) is 3.26. The van der Waals surface area contributed by atoms with Gasteiger partial charge in [0.1, 0.15) is 5.82 Å². The maximum absolute atomic E-state index is 5.29. The Morgan fingerprint density at radius 2 is 2.00 bits per heavy atom. The molecule has 0 radical (unpaired) electrons. The third-order valence-corrected chi connectivity index (χ3v) is 3.83. The van der Waals surface area contributed by atoms with E-state index >= 15 is 0 Å². The third kappa shape index (κ3) is 2.29. The number of nitrogens with one attached hydrogen (secondary N) is 1. The van der Waals surface area contributed by atoms with Crippen LogP contribution in [0.15, 0.2) is 29.6 Å². The van der Waals surface area contributed by atoms with Crippen LogP contribution in [0.5, 0.6) is 11.5 Å². The molecule has 0 fully saturated rings. The molecule has 98 valence electrons. The van der Waals surface area contributed by atoms with Crippen LogP contribution in [0.3, 0.4) is 0 Å². The lowest BCUT2D eigenvalue weighted by molar-refractivity contribution is 0.356. The molecule has 19 heavy (non-hydrogen) atoms. The zero-order valence-corrected chi connectivity index (χ0v) is 11.6. The first-order chi connectivity index (χ1) is 9.30. The van der Waals surface area contributed by atoms with Crippen LogP contribution < -0.4 is 9.47 Å². The van der Waals surface area contributed by atoms with E-state index < -0.39 is 0 Å². The molecule has 0 amide bonds. The number of hydrogen-bond acceptors (Lipinski definition) is 4. The molecule has 4 nitrogen and oxygen atoms in total. The second-order valence-electron chi connectivity index (χ2n) is 4.16. The molecule has 1 aromatic carbocycles. The van der Waals surface area contributed by atoms with Gasteiger partial charge >= 0.3 is 0 Å². The molecule has 0 saturated carbocycles. The Labute approximate surface area is 115 Å². The van der Waals surface area contributed by atoms with Gasteiger partial charge in [-0.25, -0.2) is 4.98 Å². The molecule has 5 heteroatoms.